The molecule has 0 saturated carbocycles. The monoisotopic (exact) mass is 462 g/mol. The maximum atomic E-state index is 13.3. The lowest BCUT2D eigenvalue weighted by Gasteiger charge is -2.19. The van der Waals surface area contributed by atoms with Crippen LogP contribution in [0.5, 0.6) is 0 Å². The highest BCUT2D eigenvalue weighted by Crippen LogP contribution is 2.32. The average molecular weight is 463 g/mol. The van der Waals surface area contributed by atoms with Crippen molar-refractivity contribution < 1.29 is 13.9 Å². The molecule has 0 bridgehead atoms. The normalized spacial score (nSPS) is 11.9. The van der Waals surface area contributed by atoms with E-state index in [0.29, 0.717) is 38.6 Å². The van der Waals surface area contributed by atoms with E-state index in [0.717, 1.165) is 16.8 Å². The van der Waals surface area contributed by atoms with Crippen molar-refractivity contribution in [2.75, 3.05) is 12.4 Å². The Kier molecular flexibility index (Phi) is 6.20. The third kappa shape index (κ3) is 4.47. The van der Waals surface area contributed by atoms with Gasteiger partial charge < -0.3 is 14.5 Å². The topological polar surface area (TPSA) is 81.4 Å². The lowest BCUT2D eigenvalue weighted by atomic mass is 9.98. The van der Waals surface area contributed by atoms with Gasteiger partial charge in [0.2, 0.25) is 0 Å². The minimum Gasteiger partial charge on any atom is -0.465 e. The first-order valence-corrected chi connectivity index (χ1v) is 10.8. The number of pyridine rings is 1. The highest BCUT2D eigenvalue weighted by atomic mass is 35.5. The maximum absolute atomic E-state index is 13.3. The van der Waals surface area contributed by atoms with Gasteiger partial charge in [0.25, 0.3) is 0 Å². The lowest BCUT2D eigenvalue weighted by Crippen LogP contribution is -2.12. The number of ether oxygens (including phenoxy) is 1. The molecule has 4 rings (SSSR count). The number of nitrogens with zero attached hydrogens (tertiary/aromatic N) is 1. The molecular weight excluding hydrogens is 440 g/mol. The molecule has 33 heavy (non-hydrogen) atoms. The van der Waals surface area contributed by atoms with E-state index in [4.69, 9.17) is 20.8 Å². The fraction of sp³-hybridized carbons (Fsp3) is 0.192. The molecule has 0 aliphatic rings. The van der Waals surface area contributed by atoms with E-state index < -0.39 is 5.97 Å². The number of esters is 1. The smallest absolute Gasteiger partial charge is 0.337 e. The summed E-state index contributed by atoms with van der Waals surface area (Å²) in [6, 6.07) is 14.1. The molecule has 0 spiro atoms. The molecule has 0 fully saturated rings. The molecule has 1 unspecified atom stereocenters. The molecule has 0 amide bonds. The Balaban J connectivity index is 1.87. The number of nitrogens with one attached hydrogen (secondary N) is 1. The standard InChI is InChI=1S/C26H23ClN2O4/c1-14-10-20(16(3)29-19-8-9-22(27)28-13-19)25-21(11-14)23(30)15(2)24(33-25)17-6-5-7-18(12-17)26(31)32-4/h5-13,16,29H,1-4H3. The fourth-order valence-corrected chi connectivity index (χ4v) is 3.97. The first-order chi connectivity index (χ1) is 15.8. The van der Waals surface area contributed by atoms with Crippen molar-refractivity contribution in [3.63, 3.8) is 0 Å². The molecule has 7 heteroatoms. The van der Waals surface area contributed by atoms with Gasteiger partial charge in [-0.3, -0.25) is 4.79 Å². The van der Waals surface area contributed by atoms with Crippen molar-refractivity contribution >= 4 is 34.2 Å². The molecule has 0 aliphatic carbocycles. The molecule has 2 heterocycles. The van der Waals surface area contributed by atoms with Gasteiger partial charge in [-0.15, -0.1) is 0 Å². The zero-order valence-corrected chi connectivity index (χ0v) is 19.5. The predicted octanol–water partition coefficient (Wildman–Crippen LogP) is 6.08. The largest absolute Gasteiger partial charge is 0.465 e. The predicted molar refractivity (Wildman–Crippen MR) is 130 cm³/mol. The second-order valence-electron chi connectivity index (χ2n) is 7.92. The van der Waals surface area contributed by atoms with Gasteiger partial charge in [-0.25, -0.2) is 9.78 Å². The molecule has 0 radical (unpaired) electrons. The number of hydrogen-bond acceptors (Lipinski definition) is 6. The van der Waals surface area contributed by atoms with Crippen LogP contribution in [0, 0.1) is 13.8 Å². The van der Waals surface area contributed by atoms with Crippen LogP contribution in [0.2, 0.25) is 5.15 Å². The number of anilines is 1. The van der Waals surface area contributed by atoms with E-state index >= 15 is 0 Å². The van der Waals surface area contributed by atoms with Gasteiger partial charge in [-0.2, -0.15) is 0 Å². The minimum atomic E-state index is -0.455. The van der Waals surface area contributed by atoms with Gasteiger partial charge in [0.05, 0.1) is 36.0 Å². The molecule has 168 valence electrons. The maximum Gasteiger partial charge on any atom is 0.337 e. The van der Waals surface area contributed by atoms with Crippen molar-refractivity contribution in [2.24, 2.45) is 0 Å². The number of methoxy groups -OCH3 is 1. The Hall–Kier alpha value is -3.64. The highest BCUT2D eigenvalue weighted by Gasteiger charge is 2.19. The Labute approximate surface area is 196 Å². The number of aryl methyl sites for hydroxylation is 1. The van der Waals surface area contributed by atoms with Crippen LogP contribution in [0.25, 0.3) is 22.3 Å². The van der Waals surface area contributed by atoms with Gasteiger partial charge in [-0.1, -0.05) is 29.8 Å². The number of hydrogen-bond donors (Lipinski definition) is 1. The van der Waals surface area contributed by atoms with Gasteiger partial charge in [0, 0.05) is 16.7 Å². The van der Waals surface area contributed by atoms with Gasteiger partial charge in [0.1, 0.15) is 16.5 Å². The van der Waals surface area contributed by atoms with Gasteiger partial charge >= 0.3 is 5.97 Å². The first-order valence-electron chi connectivity index (χ1n) is 10.4. The summed E-state index contributed by atoms with van der Waals surface area (Å²) in [6.07, 6.45) is 1.65. The third-order valence-electron chi connectivity index (χ3n) is 5.51. The summed E-state index contributed by atoms with van der Waals surface area (Å²) in [5, 5.41) is 4.31. The second kappa shape index (κ2) is 9.08. The lowest BCUT2D eigenvalue weighted by molar-refractivity contribution is 0.0601. The molecule has 2 aromatic carbocycles. The first kappa shape index (κ1) is 22.6. The van der Waals surface area contributed by atoms with E-state index in [2.05, 4.69) is 10.3 Å². The number of rotatable bonds is 5. The minimum absolute atomic E-state index is 0.111. The van der Waals surface area contributed by atoms with Crippen molar-refractivity contribution in [3.05, 3.63) is 92.4 Å². The molecule has 2 aromatic heterocycles. The number of fused-ring (bicyclic) bond motifs is 1. The Bertz CT molecular complexity index is 1410. The fourth-order valence-electron chi connectivity index (χ4n) is 3.86. The van der Waals surface area contributed by atoms with E-state index in [1.54, 1.807) is 43.5 Å². The quantitative estimate of drug-likeness (QED) is 0.285. The van der Waals surface area contributed by atoms with Crippen LogP contribution in [-0.4, -0.2) is 18.1 Å². The van der Waals surface area contributed by atoms with E-state index in [1.807, 2.05) is 32.0 Å². The van der Waals surface area contributed by atoms with Crippen LogP contribution in [0.4, 0.5) is 5.69 Å². The summed E-state index contributed by atoms with van der Waals surface area (Å²) < 4.78 is 11.2. The number of aromatic nitrogens is 1. The van der Waals surface area contributed by atoms with Crippen LogP contribution < -0.4 is 10.7 Å². The Morgan fingerprint density at radius 2 is 1.94 bits per heavy atom. The Morgan fingerprint density at radius 1 is 1.15 bits per heavy atom. The summed E-state index contributed by atoms with van der Waals surface area (Å²) in [5.74, 6) is -0.0351. The number of benzene rings is 2. The van der Waals surface area contributed by atoms with Crippen molar-refractivity contribution in [1.82, 2.24) is 4.98 Å². The van der Waals surface area contributed by atoms with Crippen LogP contribution in [0.1, 0.15) is 40.0 Å². The molecule has 0 aliphatic heterocycles. The van der Waals surface area contributed by atoms with Crippen molar-refractivity contribution in [1.29, 1.82) is 0 Å². The van der Waals surface area contributed by atoms with Crippen LogP contribution in [0.15, 0.2) is 63.9 Å². The summed E-state index contributed by atoms with van der Waals surface area (Å²) in [4.78, 5) is 29.4. The highest BCUT2D eigenvalue weighted by molar-refractivity contribution is 6.29. The second-order valence-corrected chi connectivity index (χ2v) is 8.31. The van der Waals surface area contributed by atoms with E-state index in [-0.39, 0.29) is 11.5 Å². The SMILES string of the molecule is COC(=O)c1cccc(-c2oc3c(C(C)Nc4ccc(Cl)nc4)cc(C)cc3c(=O)c2C)c1. The molecule has 4 aromatic rings. The van der Waals surface area contributed by atoms with Gasteiger partial charge in [-0.05, 0) is 56.7 Å². The average Bonchev–Trinajstić information content (AvgIpc) is 2.82. The Morgan fingerprint density at radius 3 is 2.64 bits per heavy atom. The number of carbonyl (C=O) groups is 1. The van der Waals surface area contributed by atoms with Crippen LogP contribution >= 0.6 is 11.6 Å². The van der Waals surface area contributed by atoms with Crippen molar-refractivity contribution in [3.8, 4) is 11.3 Å². The molecule has 1 atom stereocenters. The van der Waals surface area contributed by atoms with Crippen LogP contribution in [-0.2, 0) is 4.74 Å². The summed E-state index contributed by atoms with van der Waals surface area (Å²) >= 11 is 5.89. The molecular formula is C26H23ClN2O4. The zero-order valence-electron chi connectivity index (χ0n) is 18.7. The number of carbonyl (C=O) groups excluding carboxylic acids is 1. The van der Waals surface area contributed by atoms with E-state index in [9.17, 15) is 9.59 Å². The van der Waals surface area contributed by atoms with Crippen molar-refractivity contribution in [2.45, 2.75) is 26.8 Å². The van der Waals surface area contributed by atoms with Crippen LogP contribution in [0.3, 0.4) is 0 Å². The molecule has 6 nitrogen and oxygen atoms in total. The summed E-state index contributed by atoms with van der Waals surface area (Å²) in [5.41, 5.74) is 4.45. The van der Waals surface area contributed by atoms with E-state index in [1.165, 1.54) is 7.11 Å². The molecule has 0 saturated heterocycles. The summed E-state index contributed by atoms with van der Waals surface area (Å²) in [7, 11) is 1.33. The number of halogens is 1. The van der Waals surface area contributed by atoms with Gasteiger partial charge in [0.15, 0.2) is 5.43 Å². The third-order valence-corrected chi connectivity index (χ3v) is 5.74. The summed E-state index contributed by atoms with van der Waals surface area (Å²) in [6.45, 7) is 5.66. The zero-order chi connectivity index (χ0) is 23.7. The molecule has 1 N–H and O–H groups in total.